The summed E-state index contributed by atoms with van der Waals surface area (Å²) < 4.78 is 25.4. The SMILES string of the molecule is Cc1nn([C@H]2CCS(=O)(=O)C2)c(C)c1CN(C)c1ccc([N+](=O)[O-])cc1Cl. The fraction of sp³-hybridized carbons (Fsp3) is 0.471. The number of halogens is 1. The largest absolute Gasteiger partial charge is 0.369 e. The normalized spacial score (nSPS) is 18.6. The highest BCUT2D eigenvalue weighted by Crippen LogP contribution is 2.32. The van der Waals surface area contributed by atoms with E-state index in [1.165, 1.54) is 12.1 Å². The molecule has 146 valence electrons. The van der Waals surface area contributed by atoms with E-state index in [4.69, 9.17) is 11.6 Å². The number of nitrogens with zero attached hydrogens (tertiary/aromatic N) is 4. The van der Waals surface area contributed by atoms with Crippen molar-refractivity contribution in [1.29, 1.82) is 0 Å². The first-order chi connectivity index (χ1) is 12.6. The van der Waals surface area contributed by atoms with Crippen LogP contribution in [0.25, 0.3) is 0 Å². The zero-order valence-corrected chi connectivity index (χ0v) is 16.9. The summed E-state index contributed by atoms with van der Waals surface area (Å²) in [5, 5.41) is 15.7. The van der Waals surface area contributed by atoms with E-state index >= 15 is 0 Å². The fourth-order valence-corrected chi connectivity index (χ4v) is 5.50. The van der Waals surface area contributed by atoms with Gasteiger partial charge in [-0.2, -0.15) is 5.10 Å². The van der Waals surface area contributed by atoms with Gasteiger partial charge >= 0.3 is 0 Å². The molecule has 27 heavy (non-hydrogen) atoms. The smallest absolute Gasteiger partial charge is 0.271 e. The van der Waals surface area contributed by atoms with Crippen LogP contribution in [0.2, 0.25) is 5.02 Å². The third-order valence-electron chi connectivity index (χ3n) is 4.98. The average molecular weight is 413 g/mol. The minimum Gasteiger partial charge on any atom is -0.369 e. The molecule has 0 N–H and O–H groups in total. The Morgan fingerprint density at radius 3 is 2.67 bits per heavy atom. The number of hydrogen-bond donors (Lipinski definition) is 0. The molecule has 1 fully saturated rings. The lowest BCUT2D eigenvalue weighted by atomic mass is 10.1. The number of non-ortho nitro benzene ring substituents is 1. The van der Waals surface area contributed by atoms with Crippen molar-refractivity contribution in [2.75, 3.05) is 23.5 Å². The van der Waals surface area contributed by atoms with E-state index in [1.54, 1.807) is 6.07 Å². The van der Waals surface area contributed by atoms with Gasteiger partial charge in [-0.15, -0.1) is 0 Å². The Morgan fingerprint density at radius 1 is 1.41 bits per heavy atom. The Bertz CT molecular complexity index is 1000. The molecule has 0 radical (unpaired) electrons. The molecule has 0 unspecified atom stereocenters. The predicted molar refractivity (Wildman–Crippen MR) is 104 cm³/mol. The third-order valence-corrected chi connectivity index (χ3v) is 7.03. The van der Waals surface area contributed by atoms with Crippen molar-refractivity contribution in [2.45, 2.75) is 32.9 Å². The summed E-state index contributed by atoms with van der Waals surface area (Å²) in [6, 6.07) is 4.25. The van der Waals surface area contributed by atoms with Crippen LogP contribution in [0, 0.1) is 24.0 Å². The van der Waals surface area contributed by atoms with Gasteiger partial charge in [0.25, 0.3) is 5.69 Å². The standard InChI is InChI=1S/C17H21ClN4O4S/c1-11-15(12(2)21(19-11)14-6-7-27(25,26)10-14)9-20(3)17-5-4-13(22(23)24)8-16(17)18/h4-5,8,14H,6-7,9-10H2,1-3H3/t14-/m0/s1. The van der Waals surface area contributed by atoms with Crippen LogP contribution in [0.5, 0.6) is 0 Å². The monoisotopic (exact) mass is 412 g/mol. The minimum atomic E-state index is -2.99. The van der Waals surface area contributed by atoms with Crippen LogP contribution in [0.1, 0.15) is 29.4 Å². The molecule has 2 aromatic rings. The van der Waals surface area contributed by atoms with Crippen molar-refractivity contribution in [3.05, 3.63) is 50.3 Å². The van der Waals surface area contributed by atoms with E-state index in [0.29, 0.717) is 23.7 Å². The second-order valence-electron chi connectivity index (χ2n) is 6.90. The molecule has 0 spiro atoms. The van der Waals surface area contributed by atoms with Gasteiger partial charge in [0.2, 0.25) is 0 Å². The maximum absolute atomic E-state index is 11.8. The Labute approximate surface area is 162 Å². The lowest BCUT2D eigenvalue weighted by molar-refractivity contribution is -0.384. The molecule has 1 atom stereocenters. The summed E-state index contributed by atoms with van der Waals surface area (Å²) >= 11 is 6.22. The molecule has 0 aliphatic carbocycles. The number of aryl methyl sites for hydroxylation is 1. The summed E-state index contributed by atoms with van der Waals surface area (Å²) in [6.45, 7) is 4.34. The van der Waals surface area contributed by atoms with Crippen molar-refractivity contribution in [1.82, 2.24) is 9.78 Å². The quantitative estimate of drug-likeness (QED) is 0.552. The van der Waals surface area contributed by atoms with Gasteiger partial charge in [-0.25, -0.2) is 8.42 Å². The molecule has 3 rings (SSSR count). The van der Waals surface area contributed by atoms with E-state index in [2.05, 4.69) is 5.10 Å². The van der Waals surface area contributed by atoms with Gasteiger partial charge in [0.05, 0.1) is 38.9 Å². The van der Waals surface area contributed by atoms with Crippen LogP contribution < -0.4 is 4.90 Å². The minimum absolute atomic E-state index is 0.0558. The molecule has 1 aliphatic rings. The molecule has 0 saturated carbocycles. The molecular weight excluding hydrogens is 392 g/mol. The van der Waals surface area contributed by atoms with Crippen molar-refractivity contribution >= 4 is 32.8 Å². The number of benzene rings is 1. The van der Waals surface area contributed by atoms with Gasteiger partial charge in [-0.3, -0.25) is 14.8 Å². The summed E-state index contributed by atoms with van der Waals surface area (Å²) in [5.74, 6) is 0.322. The van der Waals surface area contributed by atoms with Crippen molar-refractivity contribution in [3.8, 4) is 0 Å². The first kappa shape index (κ1) is 19.6. The Hall–Kier alpha value is -2.13. The number of rotatable bonds is 5. The van der Waals surface area contributed by atoms with Gasteiger partial charge in [0, 0.05) is 37.0 Å². The molecule has 0 amide bonds. The second kappa shape index (κ2) is 7.12. The van der Waals surface area contributed by atoms with Gasteiger partial charge in [0.1, 0.15) is 0 Å². The highest BCUT2D eigenvalue weighted by Gasteiger charge is 2.31. The average Bonchev–Trinajstić information content (AvgIpc) is 3.08. The molecule has 1 aromatic carbocycles. The maximum Gasteiger partial charge on any atom is 0.271 e. The molecule has 1 aliphatic heterocycles. The number of nitro benzene ring substituents is 1. The number of hydrogen-bond acceptors (Lipinski definition) is 6. The molecule has 10 heteroatoms. The second-order valence-corrected chi connectivity index (χ2v) is 9.54. The van der Waals surface area contributed by atoms with E-state index in [9.17, 15) is 18.5 Å². The number of nitro groups is 1. The lowest BCUT2D eigenvalue weighted by Crippen LogP contribution is -2.18. The summed E-state index contributed by atoms with van der Waals surface area (Å²) in [6.07, 6.45) is 0.577. The zero-order chi connectivity index (χ0) is 19.9. The summed E-state index contributed by atoms with van der Waals surface area (Å²) in [5.41, 5.74) is 3.38. The van der Waals surface area contributed by atoms with E-state index < -0.39 is 14.8 Å². The maximum atomic E-state index is 11.8. The van der Waals surface area contributed by atoms with E-state index in [1.807, 2.05) is 30.5 Å². The van der Waals surface area contributed by atoms with Crippen LogP contribution in [-0.2, 0) is 16.4 Å². The molecule has 0 bridgehead atoms. The Balaban J connectivity index is 1.85. The van der Waals surface area contributed by atoms with Gasteiger partial charge in [-0.1, -0.05) is 11.6 Å². The van der Waals surface area contributed by atoms with Crippen LogP contribution >= 0.6 is 11.6 Å². The Morgan fingerprint density at radius 2 is 2.11 bits per heavy atom. The molecule has 8 nitrogen and oxygen atoms in total. The molecule has 1 saturated heterocycles. The highest BCUT2D eigenvalue weighted by molar-refractivity contribution is 7.91. The topological polar surface area (TPSA) is 98.3 Å². The number of sulfone groups is 1. The zero-order valence-electron chi connectivity index (χ0n) is 15.3. The summed E-state index contributed by atoms with van der Waals surface area (Å²) in [7, 11) is -1.14. The van der Waals surface area contributed by atoms with Crippen LogP contribution in [0.4, 0.5) is 11.4 Å². The van der Waals surface area contributed by atoms with E-state index in [0.717, 1.165) is 17.0 Å². The molecule has 1 aromatic heterocycles. The number of aromatic nitrogens is 2. The van der Waals surface area contributed by atoms with Gasteiger partial charge in [0.15, 0.2) is 9.84 Å². The fourth-order valence-electron chi connectivity index (χ4n) is 3.49. The predicted octanol–water partition coefficient (Wildman–Crippen LogP) is 3.06. The van der Waals surface area contributed by atoms with Crippen LogP contribution in [-0.4, -0.2) is 41.7 Å². The van der Waals surface area contributed by atoms with Gasteiger partial charge < -0.3 is 4.90 Å². The van der Waals surface area contributed by atoms with E-state index in [-0.39, 0.29) is 23.2 Å². The molecule has 2 heterocycles. The third kappa shape index (κ3) is 3.93. The molecular formula is C17H21ClN4O4S. The van der Waals surface area contributed by atoms with Gasteiger partial charge in [-0.05, 0) is 26.3 Å². The Kier molecular flexibility index (Phi) is 5.18. The highest BCUT2D eigenvalue weighted by atomic mass is 35.5. The van der Waals surface area contributed by atoms with Crippen molar-refractivity contribution < 1.29 is 13.3 Å². The van der Waals surface area contributed by atoms with Crippen LogP contribution in [0.3, 0.4) is 0 Å². The van der Waals surface area contributed by atoms with Crippen molar-refractivity contribution in [3.63, 3.8) is 0 Å². The van der Waals surface area contributed by atoms with Crippen molar-refractivity contribution in [2.24, 2.45) is 0 Å². The lowest BCUT2D eigenvalue weighted by Gasteiger charge is -2.21. The van der Waals surface area contributed by atoms with Crippen LogP contribution in [0.15, 0.2) is 18.2 Å². The summed E-state index contributed by atoms with van der Waals surface area (Å²) in [4.78, 5) is 12.3. The first-order valence-electron chi connectivity index (χ1n) is 8.49. The first-order valence-corrected chi connectivity index (χ1v) is 10.7. The number of anilines is 1.